The Labute approximate surface area is 185 Å². The molecule has 4 nitrogen and oxygen atoms in total. The molecule has 0 bridgehead atoms. The number of anilines is 1. The minimum absolute atomic E-state index is 0.197. The quantitative estimate of drug-likeness (QED) is 0.674. The molecule has 30 heavy (non-hydrogen) atoms. The van der Waals surface area contributed by atoms with Crippen LogP contribution in [0.3, 0.4) is 0 Å². The second-order valence-electron chi connectivity index (χ2n) is 8.63. The summed E-state index contributed by atoms with van der Waals surface area (Å²) in [5.74, 6) is 0.595. The number of halogens is 1. The van der Waals surface area contributed by atoms with Gasteiger partial charge in [0.2, 0.25) is 5.91 Å². The maximum atomic E-state index is 13.5. The van der Waals surface area contributed by atoms with E-state index in [0.29, 0.717) is 17.5 Å². The lowest BCUT2D eigenvalue weighted by atomic mass is 9.83. The summed E-state index contributed by atoms with van der Waals surface area (Å²) < 4.78 is 0. The molecule has 2 fully saturated rings. The van der Waals surface area contributed by atoms with Gasteiger partial charge >= 0.3 is 0 Å². The second kappa shape index (κ2) is 9.84. The van der Waals surface area contributed by atoms with Crippen molar-refractivity contribution in [1.82, 2.24) is 9.80 Å². The molecule has 2 aliphatic heterocycles. The fourth-order valence-electron chi connectivity index (χ4n) is 5.05. The van der Waals surface area contributed by atoms with Crippen LogP contribution in [0.4, 0.5) is 5.69 Å². The largest absolute Gasteiger partial charge is 0.364 e. The average Bonchev–Trinajstić information content (AvgIpc) is 3.28. The summed E-state index contributed by atoms with van der Waals surface area (Å²) in [5.41, 5.74) is 2.26. The van der Waals surface area contributed by atoms with Gasteiger partial charge < -0.3 is 14.7 Å². The number of nitrogens with zero attached hydrogens (tertiary/aromatic N) is 3. The zero-order valence-electron chi connectivity index (χ0n) is 17.8. The van der Waals surface area contributed by atoms with Gasteiger partial charge in [0, 0.05) is 26.1 Å². The first-order valence-corrected chi connectivity index (χ1v) is 11.5. The number of rotatable bonds is 6. The Kier molecular flexibility index (Phi) is 6.96. The van der Waals surface area contributed by atoms with Crippen LogP contribution < -0.4 is 4.90 Å². The summed E-state index contributed by atoms with van der Waals surface area (Å²) in [6.07, 6.45) is 4.74. The summed E-state index contributed by atoms with van der Waals surface area (Å²) in [4.78, 5) is 20.2. The number of hydrogen-bond donors (Lipinski definition) is 0. The lowest BCUT2D eigenvalue weighted by molar-refractivity contribution is -0.134. The van der Waals surface area contributed by atoms with E-state index in [1.807, 2.05) is 36.2 Å². The Hall–Kier alpha value is -2.04. The van der Waals surface area contributed by atoms with Crippen molar-refractivity contribution < 1.29 is 4.79 Å². The first-order chi connectivity index (χ1) is 14.6. The molecule has 2 aromatic rings. The van der Waals surface area contributed by atoms with E-state index in [1.165, 1.54) is 18.4 Å². The zero-order chi connectivity index (χ0) is 20.9. The molecular formula is C25H32ClN3O. The summed E-state index contributed by atoms with van der Waals surface area (Å²) in [6.45, 7) is 4.47. The molecule has 4 rings (SSSR count). The van der Waals surface area contributed by atoms with Crippen LogP contribution in [-0.2, 0) is 4.79 Å². The van der Waals surface area contributed by atoms with Gasteiger partial charge in [0.25, 0.3) is 0 Å². The number of piperidine rings is 1. The third-order valence-corrected chi connectivity index (χ3v) is 6.93. The Bertz CT molecular complexity index is 837. The maximum absolute atomic E-state index is 13.5. The molecule has 0 aromatic heterocycles. The van der Waals surface area contributed by atoms with Crippen molar-refractivity contribution in [2.75, 3.05) is 44.7 Å². The van der Waals surface area contributed by atoms with E-state index in [4.69, 9.17) is 11.6 Å². The second-order valence-corrected chi connectivity index (χ2v) is 9.04. The van der Waals surface area contributed by atoms with Crippen molar-refractivity contribution in [2.24, 2.45) is 0 Å². The average molecular weight is 426 g/mol. The Balaban J connectivity index is 1.54. The van der Waals surface area contributed by atoms with Crippen LogP contribution in [0, 0.1) is 0 Å². The summed E-state index contributed by atoms with van der Waals surface area (Å²) in [5, 5.41) is 0.683. The normalized spacial score (nSPS) is 22.3. The van der Waals surface area contributed by atoms with Crippen LogP contribution in [0.5, 0.6) is 0 Å². The van der Waals surface area contributed by atoms with E-state index in [9.17, 15) is 4.79 Å². The number of likely N-dealkylation sites (N-methyl/N-ethyl adjacent to an activating group) is 1. The summed E-state index contributed by atoms with van der Waals surface area (Å²) >= 11 is 6.36. The van der Waals surface area contributed by atoms with Crippen molar-refractivity contribution in [1.29, 1.82) is 0 Å². The summed E-state index contributed by atoms with van der Waals surface area (Å²) in [6, 6.07) is 18.7. The van der Waals surface area contributed by atoms with Gasteiger partial charge in [-0.2, -0.15) is 0 Å². The number of benzene rings is 2. The summed E-state index contributed by atoms with van der Waals surface area (Å²) in [7, 11) is 1.95. The highest BCUT2D eigenvalue weighted by Crippen LogP contribution is 2.34. The first-order valence-electron chi connectivity index (χ1n) is 11.2. The number of amides is 1. The smallest absolute Gasteiger partial charge is 0.242 e. The lowest BCUT2D eigenvalue weighted by Gasteiger charge is -2.44. The number of hydrogen-bond acceptors (Lipinski definition) is 3. The molecule has 1 amide bonds. The van der Waals surface area contributed by atoms with Crippen molar-refractivity contribution in [3.8, 4) is 0 Å². The van der Waals surface area contributed by atoms with Crippen LogP contribution in [0.15, 0.2) is 54.6 Å². The number of likely N-dealkylation sites (tertiary alicyclic amines) is 2. The molecule has 160 valence electrons. The van der Waals surface area contributed by atoms with E-state index in [2.05, 4.69) is 40.1 Å². The van der Waals surface area contributed by atoms with Crippen LogP contribution in [0.2, 0.25) is 5.02 Å². The van der Waals surface area contributed by atoms with E-state index in [1.54, 1.807) is 0 Å². The van der Waals surface area contributed by atoms with Crippen molar-refractivity contribution in [2.45, 2.75) is 37.6 Å². The van der Waals surface area contributed by atoms with E-state index in [0.717, 1.165) is 44.7 Å². The number of para-hydroxylation sites is 1. The first kappa shape index (κ1) is 21.2. The lowest BCUT2D eigenvalue weighted by Crippen LogP contribution is -2.54. The highest BCUT2D eigenvalue weighted by atomic mass is 35.5. The highest BCUT2D eigenvalue weighted by Gasteiger charge is 2.36. The molecule has 2 heterocycles. The molecule has 2 aromatic carbocycles. The van der Waals surface area contributed by atoms with Gasteiger partial charge in [-0.25, -0.2) is 0 Å². The molecule has 0 spiro atoms. The van der Waals surface area contributed by atoms with Crippen LogP contribution in [-0.4, -0.2) is 61.5 Å². The number of carbonyl (C=O) groups excluding carboxylic acids is 1. The third kappa shape index (κ3) is 4.81. The van der Waals surface area contributed by atoms with Crippen molar-refractivity contribution >= 4 is 23.2 Å². The highest BCUT2D eigenvalue weighted by molar-refractivity contribution is 6.33. The van der Waals surface area contributed by atoms with Crippen LogP contribution in [0.1, 0.15) is 37.2 Å². The Morgan fingerprint density at radius 1 is 1.00 bits per heavy atom. The van der Waals surface area contributed by atoms with Crippen LogP contribution >= 0.6 is 11.6 Å². The monoisotopic (exact) mass is 425 g/mol. The molecule has 2 saturated heterocycles. The molecule has 0 saturated carbocycles. The minimum Gasteiger partial charge on any atom is -0.364 e. The van der Waals surface area contributed by atoms with E-state index in [-0.39, 0.29) is 11.9 Å². The molecule has 2 atom stereocenters. The molecule has 5 heteroatoms. The minimum atomic E-state index is 0.197. The molecule has 0 unspecified atom stereocenters. The van der Waals surface area contributed by atoms with E-state index < -0.39 is 0 Å². The Morgan fingerprint density at radius 3 is 2.43 bits per heavy atom. The fourth-order valence-corrected chi connectivity index (χ4v) is 5.33. The van der Waals surface area contributed by atoms with Gasteiger partial charge in [-0.3, -0.25) is 4.79 Å². The molecule has 0 N–H and O–H groups in total. The number of carbonyl (C=O) groups is 1. The Morgan fingerprint density at radius 2 is 1.70 bits per heavy atom. The predicted molar refractivity (Wildman–Crippen MR) is 124 cm³/mol. The predicted octanol–water partition coefficient (Wildman–Crippen LogP) is 4.65. The van der Waals surface area contributed by atoms with Crippen LogP contribution in [0.25, 0.3) is 0 Å². The van der Waals surface area contributed by atoms with Gasteiger partial charge in [0.1, 0.15) is 0 Å². The van der Waals surface area contributed by atoms with Crippen molar-refractivity contribution in [3.63, 3.8) is 0 Å². The van der Waals surface area contributed by atoms with Gasteiger partial charge in [-0.15, -0.1) is 0 Å². The van der Waals surface area contributed by atoms with Gasteiger partial charge in [-0.05, 0) is 56.5 Å². The zero-order valence-corrected chi connectivity index (χ0v) is 18.6. The SMILES string of the molecule is CN(CC(=O)N1CCC[C@H](c2ccccc2)[C@@H]1CN1CCCC1)c1ccccc1Cl. The fraction of sp³-hybridized carbons (Fsp3) is 0.480. The van der Waals surface area contributed by atoms with Crippen molar-refractivity contribution in [3.05, 3.63) is 65.2 Å². The van der Waals surface area contributed by atoms with E-state index >= 15 is 0 Å². The molecular weight excluding hydrogens is 394 g/mol. The molecule has 2 aliphatic rings. The van der Waals surface area contributed by atoms with Gasteiger partial charge in [0.15, 0.2) is 0 Å². The standard InChI is InChI=1S/C25H32ClN3O/c1-27(23-14-6-5-13-22(23)26)19-25(30)29-17-9-12-21(20-10-3-2-4-11-20)24(29)18-28-15-7-8-16-28/h2-6,10-11,13-14,21,24H,7-9,12,15-19H2,1H3/t21-,24+/m1/s1. The maximum Gasteiger partial charge on any atom is 0.242 e. The molecule has 0 radical (unpaired) electrons. The third-order valence-electron chi connectivity index (χ3n) is 6.61. The topological polar surface area (TPSA) is 26.8 Å². The van der Waals surface area contributed by atoms with Gasteiger partial charge in [0.05, 0.1) is 23.3 Å². The van der Waals surface area contributed by atoms with Gasteiger partial charge in [-0.1, -0.05) is 54.1 Å². The molecule has 0 aliphatic carbocycles.